The number of carbonyl (C=O) groups excluding carboxylic acids is 2. The first kappa shape index (κ1) is 21.4. The molecule has 0 aromatic heterocycles. The van der Waals surface area contributed by atoms with Crippen LogP contribution in [0.3, 0.4) is 0 Å². The molecule has 0 aliphatic rings. The number of carbonyl (C=O) groups is 2. The highest BCUT2D eigenvalue weighted by Gasteiger charge is 2.28. The lowest BCUT2D eigenvalue weighted by molar-refractivity contribution is -0.142. The molecular formula is C22H27FN2O3. The number of hydrogen-bond acceptors (Lipinski definition) is 3. The molecule has 2 rings (SSSR count). The molecule has 5 nitrogen and oxygen atoms in total. The van der Waals surface area contributed by atoms with Crippen LogP contribution in [0.2, 0.25) is 0 Å². The number of benzene rings is 2. The quantitative estimate of drug-likeness (QED) is 0.718. The summed E-state index contributed by atoms with van der Waals surface area (Å²) in [6, 6.07) is 12.6. The minimum atomic E-state index is -0.594. The van der Waals surface area contributed by atoms with Crippen LogP contribution in [-0.2, 0) is 16.1 Å². The monoisotopic (exact) mass is 386 g/mol. The number of nitrogens with zero attached hydrogens (tertiary/aromatic N) is 1. The minimum Gasteiger partial charge on any atom is -0.484 e. The van der Waals surface area contributed by atoms with Crippen molar-refractivity contribution in [2.24, 2.45) is 0 Å². The maximum atomic E-state index is 13.0. The number of hydrogen-bond donors (Lipinski definition) is 1. The van der Waals surface area contributed by atoms with E-state index in [1.807, 2.05) is 45.0 Å². The second-order valence-corrected chi connectivity index (χ2v) is 6.51. The molecule has 0 radical (unpaired) electrons. The fourth-order valence-electron chi connectivity index (χ4n) is 2.94. The molecule has 28 heavy (non-hydrogen) atoms. The highest BCUT2D eigenvalue weighted by Crippen LogP contribution is 2.17. The zero-order chi connectivity index (χ0) is 20.5. The van der Waals surface area contributed by atoms with Gasteiger partial charge in [0.1, 0.15) is 17.6 Å². The second kappa shape index (κ2) is 10.4. The Morgan fingerprint density at radius 1 is 1.11 bits per heavy atom. The van der Waals surface area contributed by atoms with Crippen LogP contribution in [0.1, 0.15) is 31.4 Å². The van der Waals surface area contributed by atoms with Crippen molar-refractivity contribution in [1.29, 1.82) is 0 Å². The van der Waals surface area contributed by atoms with Crippen LogP contribution in [0.25, 0.3) is 0 Å². The molecule has 0 aliphatic heterocycles. The third-order valence-electron chi connectivity index (χ3n) is 4.51. The van der Waals surface area contributed by atoms with Crippen molar-refractivity contribution >= 4 is 11.8 Å². The van der Waals surface area contributed by atoms with Gasteiger partial charge in [0.05, 0.1) is 0 Å². The van der Waals surface area contributed by atoms with Crippen molar-refractivity contribution in [2.45, 2.75) is 39.8 Å². The highest BCUT2D eigenvalue weighted by atomic mass is 19.1. The summed E-state index contributed by atoms with van der Waals surface area (Å²) in [6.45, 7) is 6.27. The third kappa shape index (κ3) is 5.81. The number of ether oxygens (including phenoxy) is 1. The summed E-state index contributed by atoms with van der Waals surface area (Å²) in [6.07, 6.45) is 0.486. The first-order chi connectivity index (χ1) is 13.5. The van der Waals surface area contributed by atoms with Crippen molar-refractivity contribution in [3.8, 4) is 5.75 Å². The molecule has 0 heterocycles. The smallest absolute Gasteiger partial charge is 0.261 e. The molecule has 2 aromatic carbocycles. The molecule has 1 N–H and O–H groups in total. The zero-order valence-electron chi connectivity index (χ0n) is 16.6. The summed E-state index contributed by atoms with van der Waals surface area (Å²) < 4.78 is 18.5. The summed E-state index contributed by atoms with van der Waals surface area (Å²) in [4.78, 5) is 27.0. The Morgan fingerprint density at radius 2 is 1.79 bits per heavy atom. The summed E-state index contributed by atoms with van der Waals surface area (Å²) >= 11 is 0. The lowest BCUT2D eigenvalue weighted by Gasteiger charge is -2.31. The standard InChI is InChI=1S/C22H27FN2O3/c1-4-20(22(27)24-5-2)25(14-17-9-7-6-8-16(17)3)21(26)15-28-19-12-10-18(23)11-13-19/h6-13,20H,4-5,14-15H2,1-3H3,(H,24,27)/t20-/m1/s1. The largest absolute Gasteiger partial charge is 0.484 e. The molecule has 150 valence electrons. The van der Waals surface area contributed by atoms with E-state index in [0.717, 1.165) is 11.1 Å². The summed E-state index contributed by atoms with van der Waals surface area (Å²) in [7, 11) is 0. The van der Waals surface area contributed by atoms with E-state index >= 15 is 0 Å². The van der Waals surface area contributed by atoms with Gasteiger partial charge in [0.15, 0.2) is 6.61 Å². The topological polar surface area (TPSA) is 58.6 Å². The van der Waals surface area contributed by atoms with Crippen LogP contribution in [0.4, 0.5) is 4.39 Å². The first-order valence-electron chi connectivity index (χ1n) is 9.46. The highest BCUT2D eigenvalue weighted by molar-refractivity contribution is 5.88. The van der Waals surface area contributed by atoms with Crippen molar-refractivity contribution in [1.82, 2.24) is 10.2 Å². The van der Waals surface area contributed by atoms with Crippen molar-refractivity contribution in [3.63, 3.8) is 0 Å². The lowest BCUT2D eigenvalue weighted by Crippen LogP contribution is -2.50. The summed E-state index contributed by atoms with van der Waals surface area (Å²) in [5.41, 5.74) is 2.02. The van der Waals surface area contributed by atoms with E-state index in [1.165, 1.54) is 24.3 Å². The van der Waals surface area contributed by atoms with Crippen molar-refractivity contribution < 1.29 is 18.7 Å². The number of amides is 2. The van der Waals surface area contributed by atoms with Gasteiger partial charge in [-0.25, -0.2) is 4.39 Å². The van der Waals surface area contributed by atoms with E-state index < -0.39 is 6.04 Å². The van der Waals surface area contributed by atoms with Gasteiger partial charge in [-0.05, 0) is 55.7 Å². The molecular weight excluding hydrogens is 359 g/mol. The fourth-order valence-corrected chi connectivity index (χ4v) is 2.94. The fraction of sp³-hybridized carbons (Fsp3) is 0.364. The van der Waals surface area contributed by atoms with Crippen molar-refractivity contribution in [2.75, 3.05) is 13.2 Å². The van der Waals surface area contributed by atoms with E-state index in [1.54, 1.807) is 4.90 Å². The first-order valence-corrected chi connectivity index (χ1v) is 9.46. The molecule has 0 aliphatic carbocycles. The molecule has 0 fully saturated rings. The Kier molecular flexibility index (Phi) is 7.99. The van der Waals surface area contributed by atoms with Crippen molar-refractivity contribution in [3.05, 3.63) is 65.5 Å². The summed E-state index contributed by atoms with van der Waals surface area (Å²) in [5.74, 6) is -0.460. The molecule has 2 amide bonds. The second-order valence-electron chi connectivity index (χ2n) is 6.51. The van der Waals surface area contributed by atoms with Gasteiger partial charge in [-0.15, -0.1) is 0 Å². The molecule has 0 saturated heterocycles. The van der Waals surface area contributed by atoms with Gasteiger partial charge < -0.3 is 15.0 Å². The minimum absolute atomic E-state index is 0.186. The molecule has 0 spiro atoms. The molecule has 1 atom stereocenters. The number of likely N-dealkylation sites (N-methyl/N-ethyl adjacent to an activating group) is 1. The van der Waals surface area contributed by atoms with Crippen LogP contribution >= 0.6 is 0 Å². The van der Waals surface area contributed by atoms with E-state index in [0.29, 0.717) is 25.3 Å². The van der Waals surface area contributed by atoms with Gasteiger partial charge in [0.25, 0.3) is 5.91 Å². The maximum Gasteiger partial charge on any atom is 0.261 e. The van der Waals surface area contributed by atoms with Gasteiger partial charge in [-0.1, -0.05) is 31.2 Å². The molecule has 0 unspecified atom stereocenters. The van der Waals surface area contributed by atoms with Gasteiger partial charge >= 0.3 is 0 Å². The predicted octanol–water partition coefficient (Wildman–Crippen LogP) is 3.46. The average molecular weight is 386 g/mol. The molecule has 0 bridgehead atoms. The predicted molar refractivity (Wildman–Crippen MR) is 106 cm³/mol. The van der Waals surface area contributed by atoms with Crippen LogP contribution < -0.4 is 10.1 Å². The number of nitrogens with one attached hydrogen (secondary N) is 1. The molecule has 2 aromatic rings. The molecule has 6 heteroatoms. The Bertz CT molecular complexity index is 793. The van der Waals surface area contributed by atoms with Crippen LogP contribution in [0.15, 0.2) is 48.5 Å². The molecule has 0 saturated carbocycles. The van der Waals surface area contributed by atoms with Crippen LogP contribution in [0.5, 0.6) is 5.75 Å². The van der Waals surface area contributed by atoms with E-state index in [4.69, 9.17) is 4.74 Å². The van der Waals surface area contributed by atoms with E-state index in [2.05, 4.69) is 5.32 Å². The lowest BCUT2D eigenvalue weighted by atomic mass is 10.1. The van der Waals surface area contributed by atoms with Gasteiger partial charge in [0.2, 0.25) is 5.91 Å². The maximum absolute atomic E-state index is 13.0. The average Bonchev–Trinajstić information content (AvgIpc) is 2.69. The van der Waals surface area contributed by atoms with Crippen LogP contribution in [-0.4, -0.2) is 35.9 Å². The van der Waals surface area contributed by atoms with Gasteiger partial charge in [-0.2, -0.15) is 0 Å². The normalized spacial score (nSPS) is 11.6. The SMILES string of the molecule is CCNC(=O)[C@@H](CC)N(Cc1ccccc1C)C(=O)COc1ccc(F)cc1. The Balaban J connectivity index is 2.20. The number of aryl methyl sites for hydroxylation is 1. The third-order valence-corrected chi connectivity index (χ3v) is 4.51. The summed E-state index contributed by atoms with van der Waals surface area (Å²) in [5, 5.41) is 2.80. The van der Waals surface area contributed by atoms with Gasteiger partial charge in [0, 0.05) is 13.1 Å². The Morgan fingerprint density at radius 3 is 2.39 bits per heavy atom. The van der Waals surface area contributed by atoms with E-state index in [-0.39, 0.29) is 24.2 Å². The van der Waals surface area contributed by atoms with Gasteiger partial charge in [-0.3, -0.25) is 9.59 Å². The van der Waals surface area contributed by atoms with E-state index in [9.17, 15) is 14.0 Å². The van der Waals surface area contributed by atoms with Crippen LogP contribution in [0, 0.1) is 12.7 Å². The number of rotatable bonds is 9. The Hall–Kier alpha value is -2.89. The Labute approximate surface area is 165 Å². The zero-order valence-corrected chi connectivity index (χ0v) is 16.6. The number of halogens is 1.